The van der Waals surface area contributed by atoms with Crippen molar-refractivity contribution in [1.29, 1.82) is 0 Å². The summed E-state index contributed by atoms with van der Waals surface area (Å²) in [6.07, 6.45) is 2.58. The van der Waals surface area contributed by atoms with Crippen LogP contribution >= 0.6 is 0 Å². The van der Waals surface area contributed by atoms with E-state index in [4.69, 9.17) is 5.73 Å². The molecule has 0 saturated carbocycles. The second-order valence-electron chi connectivity index (χ2n) is 4.96. The first-order valence-electron chi connectivity index (χ1n) is 5.33. The molecule has 0 amide bonds. The predicted molar refractivity (Wildman–Crippen MR) is 63.9 cm³/mol. The molecule has 80 valence electrons. The highest BCUT2D eigenvalue weighted by Gasteiger charge is 2.18. The van der Waals surface area contributed by atoms with Crippen LogP contribution in [0.4, 0.5) is 0 Å². The van der Waals surface area contributed by atoms with E-state index in [2.05, 4.69) is 32.1 Å². The topological polar surface area (TPSA) is 29.3 Å². The van der Waals surface area contributed by atoms with Crippen molar-refractivity contribution in [3.8, 4) is 0 Å². The van der Waals surface area contributed by atoms with Crippen LogP contribution in [0.25, 0.3) is 0 Å². The van der Waals surface area contributed by atoms with Crippen LogP contribution < -0.4 is 5.73 Å². The standard InChI is InChI=1S/C10H26N2Si/c1-12(2)8-6-10-13(3,4)9-5-7-11/h5-11H2,1-4H3. The van der Waals surface area contributed by atoms with Gasteiger partial charge in [0.2, 0.25) is 0 Å². The average Bonchev–Trinajstić information content (AvgIpc) is 2.00. The molecule has 0 bridgehead atoms. The summed E-state index contributed by atoms with van der Waals surface area (Å²) in [4.78, 5) is 2.27. The Morgan fingerprint density at radius 3 is 2.08 bits per heavy atom. The second kappa shape index (κ2) is 6.57. The number of rotatable bonds is 7. The van der Waals surface area contributed by atoms with Gasteiger partial charge < -0.3 is 10.6 Å². The average molecular weight is 202 g/mol. The van der Waals surface area contributed by atoms with Gasteiger partial charge in [-0.15, -0.1) is 0 Å². The van der Waals surface area contributed by atoms with Crippen molar-refractivity contribution in [2.75, 3.05) is 27.2 Å². The molecule has 0 aromatic heterocycles. The van der Waals surface area contributed by atoms with Crippen LogP contribution in [-0.2, 0) is 0 Å². The zero-order valence-corrected chi connectivity index (χ0v) is 10.8. The maximum absolute atomic E-state index is 5.53. The Kier molecular flexibility index (Phi) is 6.64. The van der Waals surface area contributed by atoms with E-state index in [1.165, 1.54) is 31.5 Å². The molecule has 0 spiro atoms. The highest BCUT2D eigenvalue weighted by molar-refractivity contribution is 6.77. The normalized spacial score (nSPS) is 12.5. The summed E-state index contributed by atoms with van der Waals surface area (Å²) in [6.45, 7) is 7.07. The van der Waals surface area contributed by atoms with E-state index in [1.807, 2.05) is 0 Å². The summed E-state index contributed by atoms with van der Waals surface area (Å²) in [7, 11) is 3.40. The summed E-state index contributed by atoms with van der Waals surface area (Å²) in [5.74, 6) is 0. The molecule has 0 radical (unpaired) electrons. The third-order valence-corrected chi connectivity index (χ3v) is 5.93. The van der Waals surface area contributed by atoms with Crippen LogP contribution in [0.5, 0.6) is 0 Å². The van der Waals surface area contributed by atoms with Crippen molar-refractivity contribution in [1.82, 2.24) is 4.90 Å². The van der Waals surface area contributed by atoms with Gasteiger partial charge in [0.15, 0.2) is 0 Å². The Morgan fingerprint density at radius 2 is 1.62 bits per heavy atom. The lowest BCUT2D eigenvalue weighted by Crippen LogP contribution is -2.27. The molecule has 13 heavy (non-hydrogen) atoms. The molecule has 0 atom stereocenters. The molecule has 0 saturated heterocycles. The molecular weight excluding hydrogens is 176 g/mol. The van der Waals surface area contributed by atoms with E-state index >= 15 is 0 Å². The van der Waals surface area contributed by atoms with Gasteiger partial charge in [-0.3, -0.25) is 0 Å². The predicted octanol–water partition coefficient (Wildman–Crippen LogP) is 2.00. The minimum absolute atomic E-state index is 0.865. The van der Waals surface area contributed by atoms with Gasteiger partial charge >= 0.3 is 0 Å². The number of hydrogen-bond donors (Lipinski definition) is 1. The number of nitrogens with two attached hydrogens (primary N) is 1. The van der Waals surface area contributed by atoms with Gasteiger partial charge in [-0.2, -0.15) is 0 Å². The van der Waals surface area contributed by atoms with E-state index < -0.39 is 8.07 Å². The molecule has 0 aromatic rings. The zero-order chi connectivity index (χ0) is 10.3. The van der Waals surface area contributed by atoms with Gasteiger partial charge in [0.1, 0.15) is 0 Å². The van der Waals surface area contributed by atoms with Crippen molar-refractivity contribution >= 4 is 8.07 Å². The van der Waals surface area contributed by atoms with Crippen LogP contribution in [0, 0.1) is 0 Å². The molecule has 0 aliphatic rings. The highest BCUT2D eigenvalue weighted by atomic mass is 28.3. The first-order chi connectivity index (χ1) is 5.98. The molecular formula is C10H26N2Si. The summed E-state index contributed by atoms with van der Waals surface area (Å²) < 4.78 is 0. The van der Waals surface area contributed by atoms with E-state index in [9.17, 15) is 0 Å². The van der Waals surface area contributed by atoms with Crippen LogP contribution in [0.15, 0.2) is 0 Å². The quantitative estimate of drug-likeness (QED) is 0.640. The van der Waals surface area contributed by atoms with E-state index in [0.29, 0.717) is 0 Å². The van der Waals surface area contributed by atoms with Crippen LogP contribution in [0.3, 0.4) is 0 Å². The van der Waals surface area contributed by atoms with E-state index in [-0.39, 0.29) is 0 Å². The summed E-state index contributed by atoms with van der Waals surface area (Å²) in [5.41, 5.74) is 5.53. The monoisotopic (exact) mass is 202 g/mol. The van der Waals surface area contributed by atoms with Crippen LogP contribution in [0.2, 0.25) is 25.2 Å². The molecule has 0 aliphatic heterocycles. The SMILES string of the molecule is CN(C)CCC[Si](C)(C)CCCN. The Bertz CT molecular complexity index is 124. The third-order valence-electron chi connectivity index (χ3n) is 2.52. The summed E-state index contributed by atoms with van der Waals surface area (Å²) in [6, 6.07) is 2.85. The lowest BCUT2D eigenvalue weighted by atomic mass is 10.4. The van der Waals surface area contributed by atoms with Crippen LogP contribution in [0.1, 0.15) is 12.8 Å². The van der Waals surface area contributed by atoms with Crippen molar-refractivity contribution in [3.63, 3.8) is 0 Å². The fourth-order valence-corrected chi connectivity index (χ4v) is 4.11. The van der Waals surface area contributed by atoms with Crippen LogP contribution in [-0.4, -0.2) is 40.2 Å². The summed E-state index contributed by atoms with van der Waals surface area (Å²) in [5, 5.41) is 0. The van der Waals surface area contributed by atoms with Gasteiger partial charge in [0, 0.05) is 8.07 Å². The van der Waals surface area contributed by atoms with Gasteiger partial charge in [-0.1, -0.05) is 25.2 Å². The fraction of sp³-hybridized carbons (Fsp3) is 1.00. The van der Waals surface area contributed by atoms with Crippen molar-refractivity contribution in [2.24, 2.45) is 5.73 Å². The lowest BCUT2D eigenvalue weighted by molar-refractivity contribution is 0.407. The summed E-state index contributed by atoms with van der Waals surface area (Å²) >= 11 is 0. The third kappa shape index (κ3) is 8.47. The number of nitrogens with zero attached hydrogens (tertiary/aromatic N) is 1. The second-order valence-corrected chi connectivity index (χ2v) is 10.3. The molecule has 2 N–H and O–H groups in total. The molecule has 0 aliphatic carbocycles. The minimum Gasteiger partial charge on any atom is -0.330 e. The van der Waals surface area contributed by atoms with Gasteiger partial charge in [0.25, 0.3) is 0 Å². The molecule has 3 heteroatoms. The Hall–Kier alpha value is 0.137. The van der Waals surface area contributed by atoms with Gasteiger partial charge in [-0.05, 0) is 40.0 Å². The smallest absolute Gasteiger partial charge is 0.0474 e. The van der Waals surface area contributed by atoms with Gasteiger partial charge in [-0.25, -0.2) is 0 Å². The van der Waals surface area contributed by atoms with Gasteiger partial charge in [0.05, 0.1) is 0 Å². The first kappa shape index (κ1) is 13.1. The first-order valence-corrected chi connectivity index (χ1v) is 8.74. The maximum Gasteiger partial charge on any atom is 0.0474 e. The fourth-order valence-electron chi connectivity index (χ4n) is 1.58. The van der Waals surface area contributed by atoms with E-state index in [0.717, 1.165) is 6.54 Å². The van der Waals surface area contributed by atoms with Crippen molar-refractivity contribution < 1.29 is 0 Å². The Morgan fingerprint density at radius 1 is 1.08 bits per heavy atom. The van der Waals surface area contributed by atoms with E-state index in [1.54, 1.807) is 0 Å². The largest absolute Gasteiger partial charge is 0.330 e. The van der Waals surface area contributed by atoms with Crippen molar-refractivity contribution in [2.45, 2.75) is 38.0 Å². The molecule has 0 fully saturated rings. The molecule has 0 aromatic carbocycles. The molecule has 0 heterocycles. The Labute approximate surface area is 84.5 Å². The molecule has 0 unspecified atom stereocenters. The number of hydrogen-bond acceptors (Lipinski definition) is 2. The zero-order valence-electron chi connectivity index (χ0n) is 9.77. The van der Waals surface area contributed by atoms with Crippen molar-refractivity contribution in [3.05, 3.63) is 0 Å². The molecule has 2 nitrogen and oxygen atoms in total. The minimum atomic E-state index is -0.898. The highest BCUT2D eigenvalue weighted by Crippen LogP contribution is 2.18. The lowest BCUT2D eigenvalue weighted by Gasteiger charge is -2.22. The molecule has 0 rings (SSSR count). The maximum atomic E-state index is 5.53. The Balaban J connectivity index is 3.50.